The van der Waals surface area contributed by atoms with Crippen LogP contribution in [0.15, 0.2) is 0 Å². The summed E-state index contributed by atoms with van der Waals surface area (Å²) >= 11 is 0. The first-order valence-corrected chi connectivity index (χ1v) is 7.54. The van der Waals surface area contributed by atoms with Crippen LogP contribution in [0.4, 0.5) is 0 Å². The van der Waals surface area contributed by atoms with E-state index in [0.29, 0.717) is 19.4 Å². The number of carboxylic acid groups (broad SMARTS) is 1. The largest absolute Gasteiger partial charge is 0.480 e. The zero-order chi connectivity index (χ0) is 17.7. The van der Waals surface area contributed by atoms with Gasteiger partial charge < -0.3 is 26.4 Å². The lowest BCUT2D eigenvalue weighted by Crippen LogP contribution is -2.55. The van der Waals surface area contributed by atoms with Gasteiger partial charge in [0.05, 0.1) is 6.04 Å². The Hall–Kier alpha value is -2.16. The van der Waals surface area contributed by atoms with Gasteiger partial charge in [0.15, 0.2) is 0 Å². The number of amides is 3. The topological polar surface area (TPSA) is 142 Å². The maximum atomic E-state index is 12.3. The summed E-state index contributed by atoms with van der Waals surface area (Å²) in [5.74, 6) is -2.51. The van der Waals surface area contributed by atoms with Gasteiger partial charge in [0.2, 0.25) is 17.7 Å². The number of nitrogens with one attached hydrogen (secondary N) is 2. The molecule has 0 bridgehead atoms. The summed E-state index contributed by atoms with van der Waals surface area (Å²) in [6, 6.07) is -3.32. The van der Waals surface area contributed by atoms with Crippen molar-refractivity contribution in [2.45, 2.75) is 57.8 Å². The monoisotopic (exact) mass is 328 g/mol. The lowest BCUT2D eigenvalue weighted by atomic mass is 10.2. The number of nitrogens with zero attached hydrogens (tertiary/aromatic N) is 1. The van der Waals surface area contributed by atoms with Crippen LogP contribution in [0, 0.1) is 0 Å². The normalized spacial score (nSPS) is 21.2. The molecule has 4 atom stereocenters. The highest BCUT2D eigenvalue weighted by atomic mass is 16.4. The molecule has 1 heterocycles. The first-order chi connectivity index (χ1) is 10.6. The summed E-state index contributed by atoms with van der Waals surface area (Å²) < 4.78 is 0. The molecule has 0 aliphatic carbocycles. The number of aliphatic carboxylic acids is 1. The number of hydrogen-bond donors (Lipinski definition) is 4. The van der Waals surface area contributed by atoms with Crippen molar-refractivity contribution >= 4 is 23.7 Å². The molecule has 9 heteroatoms. The Morgan fingerprint density at radius 3 is 2.17 bits per heavy atom. The zero-order valence-corrected chi connectivity index (χ0v) is 13.5. The van der Waals surface area contributed by atoms with Gasteiger partial charge in [-0.05, 0) is 33.6 Å². The van der Waals surface area contributed by atoms with Crippen LogP contribution >= 0.6 is 0 Å². The van der Waals surface area contributed by atoms with E-state index in [-0.39, 0.29) is 0 Å². The number of carbonyl (C=O) groups excluding carboxylic acids is 3. The molecule has 0 aromatic heterocycles. The molecule has 23 heavy (non-hydrogen) atoms. The van der Waals surface area contributed by atoms with Crippen LogP contribution in [-0.4, -0.2) is 64.4 Å². The third-order valence-corrected chi connectivity index (χ3v) is 3.72. The van der Waals surface area contributed by atoms with E-state index in [1.807, 2.05) is 0 Å². The number of likely N-dealkylation sites (tertiary alicyclic amines) is 1. The number of rotatable bonds is 6. The molecule has 9 nitrogen and oxygen atoms in total. The fraction of sp³-hybridized carbons (Fsp3) is 0.714. The first kappa shape index (κ1) is 18.9. The van der Waals surface area contributed by atoms with Gasteiger partial charge in [0.25, 0.3) is 0 Å². The second kappa shape index (κ2) is 7.91. The second-order valence-electron chi connectivity index (χ2n) is 5.78. The molecule has 1 rings (SSSR count). The van der Waals surface area contributed by atoms with Crippen LogP contribution < -0.4 is 16.4 Å². The van der Waals surface area contributed by atoms with Crippen molar-refractivity contribution in [3.05, 3.63) is 0 Å². The molecule has 1 aliphatic heterocycles. The van der Waals surface area contributed by atoms with E-state index in [4.69, 9.17) is 10.8 Å². The van der Waals surface area contributed by atoms with Crippen molar-refractivity contribution in [3.8, 4) is 0 Å². The van der Waals surface area contributed by atoms with E-state index in [1.54, 1.807) is 0 Å². The summed E-state index contributed by atoms with van der Waals surface area (Å²) in [7, 11) is 0. The maximum Gasteiger partial charge on any atom is 0.326 e. The number of hydrogen-bond acceptors (Lipinski definition) is 5. The van der Waals surface area contributed by atoms with Gasteiger partial charge in [-0.25, -0.2) is 4.79 Å². The van der Waals surface area contributed by atoms with Crippen LogP contribution in [0.1, 0.15) is 33.6 Å². The molecule has 1 aliphatic rings. The van der Waals surface area contributed by atoms with E-state index in [9.17, 15) is 19.2 Å². The van der Waals surface area contributed by atoms with Crippen molar-refractivity contribution in [2.75, 3.05) is 6.54 Å². The Morgan fingerprint density at radius 1 is 1.09 bits per heavy atom. The minimum absolute atomic E-state index is 0.354. The molecule has 1 saturated heterocycles. The van der Waals surface area contributed by atoms with Crippen molar-refractivity contribution in [1.82, 2.24) is 15.5 Å². The third-order valence-electron chi connectivity index (χ3n) is 3.72. The van der Waals surface area contributed by atoms with Crippen molar-refractivity contribution in [3.63, 3.8) is 0 Å². The molecule has 0 saturated carbocycles. The first-order valence-electron chi connectivity index (χ1n) is 7.54. The van der Waals surface area contributed by atoms with Crippen molar-refractivity contribution in [1.29, 1.82) is 0 Å². The third kappa shape index (κ3) is 4.92. The van der Waals surface area contributed by atoms with E-state index in [1.165, 1.54) is 25.7 Å². The van der Waals surface area contributed by atoms with Crippen LogP contribution in [0.5, 0.6) is 0 Å². The lowest BCUT2D eigenvalue weighted by molar-refractivity contribution is -0.149. The van der Waals surface area contributed by atoms with Gasteiger partial charge in [-0.1, -0.05) is 0 Å². The molecule has 4 unspecified atom stereocenters. The SMILES string of the molecule is CC(N)C(=O)NC(C)C(=O)NC(C)C(=O)N1CCCC1C(=O)O. The van der Waals surface area contributed by atoms with Gasteiger partial charge in [0.1, 0.15) is 18.1 Å². The Morgan fingerprint density at radius 2 is 1.65 bits per heavy atom. The van der Waals surface area contributed by atoms with Crippen LogP contribution in [-0.2, 0) is 19.2 Å². The Kier molecular flexibility index (Phi) is 6.49. The molecular weight excluding hydrogens is 304 g/mol. The molecule has 1 fully saturated rings. The van der Waals surface area contributed by atoms with Crippen molar-refractivity contribution in [2.24, 2.45) is 5.73 Å². The van der Waals surface area contributed by atoms with E-state index >= 15 is 0 Å². The van der Waals surface area contributed by atoms with Gasteiger partial charge >= 0.3 is 5.97 Å². The predicted molar refractivity (Wildman–Crippen MR) is 81.2 cm³/mol. The number of carbonyl (C=O) groups is 4. The van der Waals surface area contributed by atoms with E-state index in [2.05, 4.69) is 10.6 Å². The molecule has 0 aromatic rings. The predicted octanol–water partition coefficient (Wildman–Crippen LogP) is -1.58. The average Bonchev–Trinajstić information content (AvgIpc) is 2.95. The summed E-state index contributed by atoms with van der Waals surface area (Å²) in [5, 5.41) is 14.0. The number of carboxylic acids is 1. The molecule has 0 aromatic carbocycles. The molecule has 0 radical (unpaired) electrons. The van der Waals surface area contributed by atoms with Gasteiger partial charge in [-0.15, -0.1) is 0 Å². The summed E-state index contributed by atoms with van der Waals surface area (Å²) in [4.78, 5) is 48.1. The van der Waals surface area contributed by atoms with Gasteiger partial charge in [-0.2, -0.15) is 0 Å². The summed E-state index contributed by atoms with van der Waals surface area (Å²) in [6.45, 7) is 4.80. The summed E-state index contributed by atoms with van der Waals surface area (Å²) in [5.41, 5.74) is 5.40. The van der Waals surface area contributed by atoms with Crippen molar-refractivity contribution < 1.29 is 24.3 Å². The fourth-order valence-electron chi connectivity index (χ4n) is 2.35. The van der Waals surface area contributed by atoms with E-state index in [0.717, 1.165) is 0 Å². The molecule has 130 valence electrons. The Labute approximate surface area is 134 Å². The Bertz CT molecular complexity index is 494. The summed E-state index contributed by atoms with van der Waals surface area (Å²) in [6.07, 6.45) is 1.02. The fourth-order valence-corrected chi connectivity index (χ4v) is 2.35. The minimum Gasteiger partial charge on any atom is -0.480 e. The zero-order valence-electron chi connectivity index (χ0n) is 13.5. The van der Waals surface area contributed by atoms with E-state index < -0.39 is 47.9 Å². The van der Waals surface area contributed by atoms with Crippen LogP contribution in [0.3, 0.4) is 0 Å². The van der Waals surface area contributed by atoms with Crippen LogP contribution in [0.25, 0.3) is 0 Å². The molecule has 3 amide bonds. The quantitative estimate of drug-likeness (QED) is 0.463. The highest BCUT2D eigenvalue weighted by Crippen LogP contribution is 2.18. The second-order valence-corrected chi connectivity index (χ2v) is 5.78. The maximum absolute atomic E-state index is 12.3. The standard InChI is InChI=1S/C14H24N4O5/c1-7(15)11(19)16-8(2)12(20)17-9(3)13(21)18-6-4-5-10(18)14(22)23/h7-10H,4-6,15H2,1-3H3,(H,16,19)(H,17,20)(H,22,23). The molecule has 5 N–H and O–H groups in total. The van der Waals surface area contributed by atoms with Gasteiger partial charge in [0, 0.05) is 6.54 Å². The van der Waals surface area contributed by atoms with Gasteiger partial charge in [-0.3, -0.25) is 14.4 Å². The number of nitrogens with two attached hydrogens (primary N) is 1. The molecular formula is C14H24N4O5. The highest BCUT2D eigenvalue weighted by Gasteiger charge is 2.36. The van der Waals surface area contributed by atoms with Crippen LogP contribution in [0.2, 0.25) is 0 Å². The average molecular weight is 328 g/mol. The Balaban J connectivity index is 2.59. The smallest absolute Gasteiger partial charge is 0.326 e. The minimum atomic E-state index is -1.05. The highest BCUT2D eigenvalue weighted by molar-refractivity contribution is 5.93. The molecule has 0 spiro atoms. The lowest BCUT2D eigenvalue weighted by Gasteiger charge is -2.26.